The van der Waals surface area contributed by atoms with Gasteiger partial charge in [0.05, 0.1) is 13.7 Å². The van der Waals surface area contributed by atoms with E-state index in [0.717, 1.165) is 7.11 Å². The van der Waals surface area contributed by atoms with Crippen LogP contribution in [-0.4, -0.2) is 48.8 Å². The maximum Gasteiger partial charge on any atom is 0.425 e. The average molecular weight is 426 g/mol. The molecule has 0 saturated carbocycles. The Hall–Kier alpha value is -3.97. The Labute approximate surface area is 179 Å². The minimum atomic E-state index is -1.29. The molecule has 0 radical (unpaired) electrons. The van der Waals surface area contributed by atoms with Crippen LogP contribution in [0.1, 0.15) is 19.3 Å². The number of isocyanates is 1. The topological polar surface area (TPSA) is 112 Å². The van der Waals surface area contributed by atoms with E-state index in [1.165, 1.54) is 30.3 Å². The lowest BCUT2D eigenvalue weighted by atomic mass is 10.1. The van der Waals surface area contributed by atoms with E-state index in [9.17, 15) is 19.2 Å². The number of imide groups is 1. The molecule has 31 heavy (non-hydrogen) atoms. The number of carbonyl (C=O) groups excluding carboxylic acids is 4. The van der Waals surface area contributed by atoms with E-state index in [2.05, 4.69) is 4.99 Å². The highest BCUT2D eigenvalue weighted by Crippen LogP contribution is 2.19. The molecular formula is C22H22N2O7. The summed E-state index contributed by atoms with van der Waals surface area (Å²) in [5.41, 5.74) is 0. The van der Waals surface area contributed by atoms with Crippen molar-refractivity contribution in [3.05, 3.63) is 60.7 Å². The molecule has 2 aromatic carbocycles. The second-order valence-electron chi connectivity index (χ2n) is 6.24. The fraction of sp³-hybridized carbons (Fsp3) is 0.273. The Morgan fingerprint density at radius 3 is 1.87 bits per heavy atom. The van der Waals surface area contributed by atoms with E-state index >= 15 is 0 Å². The largest absolute Gasteiger partial charge is 0.467 e. The van der Waals surface area contributed by atoms with E-state index < -0.39 is 24.2 Å². The van der Waals surface area contributed by atoms with Gasteiger partial charge in [-0.15, -0.1) is 0 Å². The highest BCUT2D eigenvalue weighted by Gasteiger charge is 2.38. The summed E-state index contributed by atoms with van der Waals surface area (Å²) in [5.74, 6) is -0.434. The molecule has 1 atom stereocenters. The molecule has 9 nitrogen and oxygen atoms in total. The molecule has 162 valence electrons. The number of nitrogens with zero attached hydrogens (tertiary/aromatic N) is 2. The van der Waals surface area contributed by atoms with Gasteiger partial charge in [-0.25, -0.2) is 24.2 Å². The van der Waals surface area contributed by atoms with Crippen molar-refractivity contribution in [1.29, 1.82) is 0 Å². The molecule has 0 fully saturated rings. The van der Waals surface area contributed by atoms with Gasteiger partial charge in [-0.1, -0.05) is 36.4 Å². The molecule has 0 aliphatic heterocycles. The van der Waals surface area contributed by atoms with Gasteiger partial charge in [0.15, 0.2) is 0 Å². The predicted molar refractivity (Wildman–Crippen MR) is 109 cm³/mol. The van der Waals surface area contributed by atoms with Crippen molar-refractivity contribution in [3.63, 3.8) is 0 Å². The Kier molecular flexibility index (Phi) is 9.45. The standard InChI is InChI=1S/C22H22N2O7/c1-29-20(26)19(14-8-9-15-23-16-25)24(21(27)30-17-10-4-2-5-11-17)22(28)31-18-12-6-3-7-13-18/h2-7,10-13,19H,8-9,14-15H2,1H3. The van der Waals surface area contributed by atoms with Crippen molar-refractivity contribution in [2.75, 3.05) is 13.7 Å². The Morgan fingerprint density at radius 1 is 0.903 bits per heavy atom. The molecule has 0 spiro atoms. The zero-order chi connectivity index (χ0) is 22.5. The number of methoxy groups -OCH3 is 1. The Bertz CT molecular complexity index is 858. The molecular weight excluding hydrogens is 404 g/mol. The van der Waals surface area contributed by atoms with Crippen LogP contribution in [0.2, 0.25) is 0 Å². The van der Waals surface area contributed by atoms with E-state index in [0.29, 0.717) is 17.7 Å². The summed E-state index contributed by atoms with van der Waals surface area (Å²) in [6.07, 6.45) is 0.130. The molecule has 2 amide bonds. The smallest absolute Gasteiger partial charge is 0.425 e. The predicted octanol–water partition coefficient (Wildman–Crippen LogP) is 3.73. The van der Waals surface area contributed by atoms with Gasteiger partial charge in [0, 0.05) is 0 Å². The average Bonchev–Trinajstić information content (AvgIpc) is 2.78. The molecule has 0 heterocycles. The summed E-state index contributed by atoms with van der Waals surface area (Å²) >= 11 is 0. The SMILES string of the molecule is COC(=O)C(CCCCN=C=O)N(C(=O)Oc1ccccc1)C(=O)Oc1ccccc1. The van der Waals surface area contributed by atoms with E-state index in [4.69, 9.17) is 14.2 Å². The number of amides is 2. The zero-order valence-corrected chi connectivity index (χ0v) is 16.9. The second-order valence-corrected chi connectivity index (χ2v) is 6.24. The summed E-state index contributed by atoms with van der Waals surface area (Å²) in [5, 5.41) is 0. The third-order valence-corrected chi connectivity index (χ3v) is 4.14. The van der Waals surface area contributed by atoms with Gasteiger partial charge in [0.2, 0.25) is 6.08 Å². The van der Waals surface area contributed by atoms with Crippen LogP contribution in [0.3, 0.4) is 0 Å². The van der Waals surface area contributed by atoms with Gasteiger partial charge in [0.1, 0.15) is 17.5 Å². The van der Waals surface area contributed by atoms with Gasteiger partial charge in [0.25, 0.3) is 0 Å². The minimum Gasteiger partial charge on any atom is -0.467 e. The summed E-state index contributed by atoms with van der Waals surface area (Å²) in [6, 6.07) is 14.9. The van der Waals surface area contributed by atoms with Gasteiger partial charge in [-0.05, 0) is 43.5 Å². The van der Waals surface area contributed by atoms with Crippen LogP contribution in [0.25, 0.3) is 0 Å². The molecule has 0 aliphatic rings. The lowest BCUT2D eigenvalue weighted by Crippen LogP contribution is -2.51. The molecule has 9 heteroatoms. The number of hydrogen-bond donors (Lipinski definition) is 0. The minimum absolute atomic E-state index is 0.0643. The van der Waals surface area contributed by atoms with Gasteiger partial charge >= 0.3 is 18.2 Å². The zero-order valence-electron chi connectivity index (χ0n) is 16.9. The number of rotatable bonds is 9. The van der Waals surface area contributed by atoms with E-state index in [1.807, 2.05) is 0 Å². The molecule has 1 unspecified atom stereocenters. The maximum atomic E-state index is 12.9. The first-order valence-corrected chi connectivity index (χ1v) is 9.51. The van der Waals surface area contributed by atoms with Crippen LogP contribution in [0.5, 0.6) is 11.5 Å². The second kappa shape index (κ2) is 12.6. The van der Waals surface area contributed by atoms with Gasteiger partial charge < -0.3 is 14.2 Å². The third-order valence-electron chi connectivity index (χ3n) is 4.14. The third kappa shape index (κ3) is 7.41. The first kappa shape index (κ1) is 23.3. The quantitative estimate of drug-likeness (QED) is 0.260. The first-order valence-electron chi connectivity index (χ1n) is 9.51. The fourth-order valence-electron chi connectivity index (χ4n) is 2.67. The normalized spacial score (nSPS) is 10.9. The Balaban J connectivity index is 2.26. The lowest BCUT2D eigenvalue weighted by Gasteiger charge is -2.26. The number of carbonyl (C=O) groups is 3. The van der Waals surface area contributed by atoms with Crippen molar-refractivity contribution in [3.8, 4) is 11.5 Å². The summed E-state index contributed by atoms with van der Waals surface area (Å²) in [4.78, 5) is 52.4. The number of ether oxygens (including phenoxy) is 3. The lowest BCUT2D eigenvalue weighted by molar-refractivity contribution is -0.145. The van der Waals surface area contributed by atoms with Gasteiger partial charge in [-0.3, -0.25) is 0 Å². The number of aliphatic imine (C=N–C) groups is 1. The summed E-state index contributed by atoms with van der Waals surface area (Å²) in [6.45, 7) is 0.209. The number of unbranched alkanes of at least 4 members (excludes halogenated alkanes) is 1. The van der Waals surface area contributed by atoms with Crippen molar-refractivity contribution < 1.29 is 33.4 Å². The van der Waals surface area contributed by atoms with Crippen LogP contribution >= 0.6 is 0 Å². The highest BCUT2D eigenvalue weighted by molar-refractivity contribution is 5.95. The van der Waals surface area contributed by atoms with Crippen LogP contribution < -0.4 is 9.47 Å². The van der Waals surface area contributed by atoms with Crippen LogP contribution in [0.15, 0.2) is 65.7 Å². The van der Waals surface area contributed by atoms with Crippen LogP contribution in [0, 0.1) is 0 Å². The van der Waals surface area contributed by atoms with Gasteiger partial charge in [-0.2, -0.15) is 4.90 Å². The number of esters is 1. The fourth-order valence-corrected chi connectivity index (χ4v) is 2.67. The number of benzene rings is 2. The molecule has 2 rings (SSSR count). The van der Waals surface area contributed by atoms with Crippen molar-refractivity contribution in [1.82, 2.24) is 4.90 Å². The summed E-state index contributed by atoms with van der Waals surface area (Å²) in [7, 11) is 1.15. The highest BCUT2D eigenvalue weighted by atomic mass is 16.6. The maximum absolute atomic E-state index is 12.9. The molecule has 2 aromatic rings. The van der Waals surface area contributed by atoms with Crippen molar-refractivity contribution >= 4 is 24.2 Å². The van der Waals surface area contributed by atoms with E-state index in [-0.39, 0.29) is 24.5 Å². The summed E-state index contributed by atoms with van der Waals surface area (Å²) < 4.78 is 15.3. The van der Waals surface area contributed by atoms with Crippen molar-refractivity contribution in [2.45, 2.75) is 25.3 Å². The molecule has 0 saturated heterocycles. The number of para-hydroxylation sites is 2. The monoisotopic (exact) mass is 426 g/mol. The van der Waals surface area contributed by atoms with Crippen LogP contribution in [-0.2, 0) is 14.3 Å². The van der Waals surface area contributed by atoms with Crippen molar-refractivity contribution in [2.24, 2.45) is 4.99 Å². The number of hydrogen-bond acceptors (Lipinski definition) is 8. The molecule has 0 N–H and O–H groups in total. The molecule has 0 bridgehead atoms. The van der Waals surface area contributed by atoms with Crippen LogP contribution in [0.4, 0.5) is 9.59 Å². The first-order chi connectivity index (χ1) is 15.1. The Morgan fingerprint density at radius 2 is 1.42 bits per heavy atom. The van der Waals surface area contributed by atoms with E-state index in [1.54, 1.807) is 36.4 Å². The molecule has 0 aliphatic carbocycles. The molecule has 0 aromatic heterocycles.